The van der Waals surface area contributed by atoms with Gasteiger partial charge in [-0.3, -0.25) is 9.59 Å². The maximum atomic E-state index is 12.7. The number of benzene rings is 2. The first-order chi connectivity index (χ1) is 13.6. The highest BCUT2D eigenvalue weighted by Crippen LogP contribution is 2.25. The average Bonchev–Trinajstić information content (AvgIpc) is 2.68. The summed E-state index contributed by atoms with van der Waals surface area (Å²) >= 11 is 6.26. The van der Waals surface area contributed by atoms with Crippen LogP contribution < -0.4 is 5.32 Å². The Morgan fingerprint density at radius 2 is 1.66 bits per heavy atom. The van der Waals surface area contributed by atoms with Crippen LogP contribution in [0.1, 0.15) is 48.4 Å². The van der Waals surface area contributed by atoms with Crippen molar-refractivity contribution in [1.29, 1.82) is 0 Å². The van der Waals surface area contributed by atoms with Crippen molar-refractivity contribution in [3.63, 3.8) is 0 Å². The number of carbonyl (C=O) groups is 2. The van der Waals surface area contributed by atoms with Gasteiger partial charge in [0, 0.05) is 18.8 Å². The molecule has 0 heterocycles. The van der Waals surface area contributed by atoms with E-state index in [-0.39, 0.29) is 21.4 Å². The first-order valence-electron chi connectivity index (χ1n) is 9.36. The van der Waals surface area contributed by atoms with Gasteiger partial charge in [0.25, 0.3) is 11.8 Å². The summed E-state index contributed by atoms with van der Waals surface area (Å²) in [6.07, 6.45) is 0. The van der Waals surface area contributed by atoms with Gasteiger partial charge >= 0.3 is 0 Å². The minimum absolute atomic E-state index is 0.0214. The van der Waals surface area contributed by atoms with Crippen LogP contribution in [-0.2, 0) is 9.84 Å². The Morgan fingerprint density at radius 1 is 1.03 bits per heavy atom. The first-order valence-corrected chi connectivity index (χ1v) is 11.3. The van der Waals surface area contributed by atoms with Gasteiger partial charge in [0.15, 0.2) is 9.84 Å². The molecule has 8 heteroatoms. The molecule has 0 saturated carbocycles. The molecule has 2 rings (SSSR count). The lowest BCUT2D eigenvalue weighted by atomic mass is 10.1. The number of hydrogen-bond donors (Lipinski definition) is 1. The van der Waals surface area contributed by atoms with Crippen LogP contribution in [0.3, 0.4) is 0 Å². The molecule has 0 bridgehead atoms. The van der Waals surface area contributed by atoms with Crippen LogP contribution in [0.5, 0.6) is 0 Å². The zero-order valence-electron chi connectivity index (χ0n) is 16.9. The van der Waals surface area contributed by atoms with E-state index in [9.17, 15) is 18.0 Å². The van der Waals surface area contributed by atoms with Crippen LogP contribution >= 0.6 is 11.6 Å². The highest BCUT2D eigenvalue weighted by molar-refractivity contribution is 7.92. The lowest BCUT2D eigenvalue weighted by molar-refractivity contribution is 0.0773. The Kier molecular flexibility index (Phi) is 7.43. The van der Waals surface area contributed by atoms with Gasteiger partial charge in [-0.25, -0.2) is 8.42 Å². The summed E-state index contributed by atoms with van der Waals surface area (Å²) in [5.41, 5.74) is 0.768. The van der Waals surface area contributed by atoms with E-state index in [1.54, 1.807) is 43.0 Å². The first kappa shape index (κ1) is 22.9. The van der Waals surface area contributed by atoms with Crippen LogP contribution in [-0.4, -0.2) is 43.5 Å². The van der Waals surface area contributed by atoms with Crippen LogP contribution in [0.15, 0.2) is 47.4 Å². The Morgan fingerprint density at radius 3 is 2.21 bits per heavy atom. The summed E-state index contributed by atoms with van der Waals surface area (Å²) in [6.45, 7) is 8.01. The minimum atomic E-state index is -3.62. The summed E-state index contributed by atoms with van der Waals surface area (Å²) in [4.78, 5) is 26.9. The summed E-state index contributed by atoms with van der Waals surface area (Å²) in [5.74, 6) is -0.755. The predicted octanol–water partition coefficient (Wildman–Crippen LogP) is 4.26. The molecule has 6 nitrogen and oxygen atoms in total. The van der Waals surface area contributed by atoms with Gasteiger partial charge < -0.3 is 10.2 Å². The van der Waals surface area contributed by atoms with Gasteiger partial charge in [-0.1, -0.05) is 23.7 Å². The van der Waals surface area contributed by atoms with Gasteiger partial charge in [-0.05, 0) is 58.0 Å². The van der Waals surface area contributed by atoms with Crippen molar-refractivity contribution in [3.8, 4) is 0 Å². The van der Waals surface area contributed by atoms with E-state index in [1.807, 2.05) is 13.8 Å². The molecule has 2 aromatic carbocycles. The van der Waals surface area contributed by atoms with Gasteiger partial charge in [-0.15, -0.1) is 0 Å². The zero-order valence-corrected chi connectivity index (χ0v) is 18.5. The molecule has 0 aliphatic heterocycles. The molecule has 0 atom stereocenters. The smallest absolute Gasteiger partial charge is 0.256 e. The molecule has 0 aliphatic carbocycles. The van der Waals surface area contributed by atoms with E-state index in [0.29, 0.717) is 24.3 Å². The van der Waals surface area contributed by atoms with Crippen molar-refractivity contribution in [2.75, 3.05) is 18.4 Å². The summed E-state index contributed by atoms with van der Waals surface area (Å²) in [6, 6.07) is 10.7. The normalized spacial score (nSPS) is 11.4. The summed E-state index contributed by atoms with van der Waals surface area (Å²) in [5, 5.41) is 2.22. The van der Waals surface area contributed by atoms with Crippen LogP contribution in [0.4, 0.5) is 5.69 Å². The van der Waals surface area contributed by atoms with Crippen LogP contribution in [0.2, 0.25) is 5.02 Å². The van der Waals surface area contributed by atoms with Crippen LogP contribution in [0, 0.1) is 0 Å². The Labute approximate surface area is 176 Å². The quantitative estimate of drug-likeness (QED) is 0.702. The molecule has 0 radical (unpaired) electrons. The van der Waals surface area contributed by atoms with E-state index in [0.717, 1.165) is 0 Å². The van der Waals surface area contributed by atoms with Crippen molar-refractivity contribution < 1.29 is 18.0 Å². The van der Waals surface area contributed by atoms with E-state index < -0.39 is 21.0 Å². The molecule has 29 heavy (non-hydrogen) atoms. The zero-order chi connectivity index (χ0) is 21.8. The fourth-order valence-corrected chi connectivity index (χ4v) is 4.31. The molecule has 0 spiro atoms. The third-order valence-electron chi connectivity index (χ3n) is 4.57. The van der Waals surface area contributed by atoms with Crippen LogP contribution in [0.25, 0.3) is 0 Å². The van der Waals surface area contributed by atoms with Crippen molar-refractivity contribution in [2.45, 2.75) is 37.8 Å². The van der Waals surface area contributed by atoms with Crippen molar-refractivity contribution >= 4 is 38.9 Å². The molecule has 156 valence electrons. The number of halogens is 1. The van der Waals surface area contributed by atoms with Gasteiger partial charge in [-0.2, -0.15) is 0 Å². The van der Waals surface area contributed by atoms with E-state index in [4.69, 9.17) is 11.6 Å². The maximum absolute atomic E-state index is 12.7. The number of carbonyl (C=O) groups excluding carboxylic acids is 2. The topological polar surface area (TPSA) is 83.6 Å². The summed E-state index contributed by atoms with van der Waals surface area (Å²) < 4.78 is 25.1. The highest BCUT2D eigenvalue weighted by atomic mass is 35.5. The fraction of sp³-hybridized carbons (Fsp3) is 0.333. The number of nitrogens with zero attached hydrogens (tertiary/aromatic N) is 1. The number of rotatable bonds is 7. The molecule has 0 fully saturated rings. The number of amides is 2. The average molecular weight is 437 g/mol. The molecular weight excluding hydrogens is 412 g/mol. The molecule has 1 N–H and O–H groups in total. The second-order valence-corrected chi connectivity index (χ2v) is 9.60. The van der Waals surface area contributed by atoms with Crippen molar-refractivity contribution in [3.05, 3.63) is 58.6 Å². The van der Waals surface area contributed by atoms with E-state index >= 15 is 0 Å². The molecule has 2 amide bonds. The Hall–Kier alpha value is -2.38. The lowest BCUT2D eigenvalue weighted by Gasteiger charge is -2.19. The maximum Gasteiger partial charge on any atom is 0.256 e. The monoisotopic (exact) mass is 436 g/mol. The molecule has 2 aromatic rings. The molecular formula is C21H25ClN2O4S. The standard InChI is InChI=1S/C21H25ClN2O4S/c1-5-24(6-2)21(26)16-12-11-15(13-18(16)22)23-20(25)17-9-7-8-10-19(17)29(27,28)14(3)4/h7-14H,5-6H2,1-4H3,(H,23,25). The van der Waals surface area contributed by atoms with Gasteiger partial charge in [0.1, 0.15) is 0 Å². The fourth-order valence-electron chi connectivity index (χ4n) is 2.80. The lowest BCUT2D eigenvalue weighted by Crippen LogP contribution is -2.30. The Balaban J connectivity index is 2.32. The summed E-state index contributed by atoms with van der Waals surface area (Å²) in [7, 11) is -3.62. The Bertz CT molecular complexity index is 1020. The third-order valence-corrected chi connectivity index (χ3v) is 7.09. The number of anilines is 1. The molecule has 0 aliphatic rings. The number of sulfone groups is 1. The second-order valence-electron chi connectivity index (χ2n) is 6.72. The van der Waals surface area contributed by atoms with Crippen molar-refractivity contribution in [2.24, 2.45) is 0 Å². The highest BCUT2D eigenvalue weighted by Gasteiger charge is 2.25. The molecule has 0 unspecified atom stereocenters. The number of hydrogen-bond acceptors (Lipinski definition) is 4. The second kappa shape index (κ2) is 9.41. The van der Waals surface area contributed by atoms with Crippen molar-refractivity contribution in [1.82, 2.24) is 4.90 Å². The minimum Gasteiger partial charge on any atom is -0.339 e. The third kappa shape index (κ3) is 4.97. The largest absolute Gasteiger partial charge is 0.339 e. The van der Waals surface area contributed by atoms with Gasteiger partial charge in [0.05, 0.1) is 26.3 Å². The van der Waals surface area contributed by atoms with E-state index in [2.05, 4.69) is 5.32 Å². The molecule has 0 aromatic heterocycles. The predicted molar refractivity (Wildman–Crippen MR) is 115 cm³/mol. The van der Waals surface area contributed by atoms with Gasteiger partial charge in [0.2, 0.25) is 0 Å². The number of nitrogens with one attached hydrogen (secondary N) is 1. The van der Waals surface area contributed by atoms with E-state index in [1.165, 1.54) is 18.2 Å². The SMILES string of the molecule is CCN(CC)C(=O)c1ccc(NC(=O)c2ccccc2S(=O)(=O)C(C)C)cc1Cl. The molecule has 0 saturated heterocycles.